The number of pyridine rings is 1. The van der Waals surface area contributed by atoms with Gasteiger partial charge in [-0.2, -0.15) is 0 Å². The van der Waals surface area contributed by atoms with Gasteiger partial charge in [-0.3, -0.25) is 14.6 Å². The first-order chi connectivity index (χ1) is 11.0. The molecule has 118 valence electrons. The fourth-order valence-corrected chi connectivity index (χ4v) is 4.12. The van der Waals surface area contributed by atoms with Crippen LogP contribution < -0.4 is 5.32 Å². The minimum absolute atomic E-state index is 0.0990. The number of carbonyl (C=O) groups excluding carboxylic acids is 2. The predicted molar refractivity (Wildman–Crippen MR) is 93.5 cm³/mol. The van der Waals surface area contributed by atoms with Gasteiger partial charge in [0.15, 0.2) is 0 Å². The van der Waals surface area contributed by atoms with Crippen molar-refractivity contribution < 1.29 is 9.59 Å². The molecule has 0 spiro atoms. The van der Waals surface area contributed by atoms with E-state index < -0.39 is 0 Å². The average molecular weight is 345 g/mol. The van der Waals surface area contributed by atoms with Gasteiger partial charge in [-0.15, -0.1) is 11.8 Å². The van der Waals surface area contributed by atoms with Crippen molar-refractivity contribution in [2.45, 2.75) is 25.5 Å². The Kier molecular flexibility index (Phi) is 4.58. The van der Waals surface area contributed by atoms with E-state index in [1.165, 1.54) is 23.1 Å². The quantitative estimate of drug-likeness (QED) is 0.919. The smallest absolute Gasteiger partial charge is 0.262 e. The van der Waals surface area contributed by atoms with E-state index in [0.717, 1.165) is 21.3 Å². The molecule has 23 heavy (non-hydrogen) atoms. The van der Waals surface area contributed by atoms with Crippen LogP contribution in [0.2, 0.25) is 0 Å². The summed E-state index contributed by atoms with van der Waals surface area (Å²) in [4.78, 5) is 32.9. The molecule has 2 aromatic heterocycles. The number of aromatic nitrogens is 2. The second kappa shape index (κ2) is 6.64. The van der Waals surface area contributed by atoms with Gasteiger partial charge < -0.3 is 5.32 Å². The fourth-order valence-electron chi connectivity index (χ4n) is 2.15. The van der Waals surface area contributed by atoms with Crippen LogP contribution in [0.4, 0.5) is 5.00 Å². The van der Waals surface area contributed by atoms with Gasteiger partial charge in [0.2, 0.25) is 0 Å². The summed E-state index contributed by atoms with van der Waals surface area (Å²) in [5.41, 5.74) is 1.70. The highest BCUT2D eigenvalue weighted by molar-refractivity contribution is 8.05. The van der Waals surface area contributed by atoms with E-state index in [9.17, 15) is 9.59 Å². The summed E-state index contributed by atoms with van der Waals surface area (Å²) in [5.74, 6) is -0.0786. The van der Waals surface area contributed by atoms with Crippen LogP contribution in [0.15, 0.2) is 35.5 Å². The number of aryl methyl sites for hydroxylation is 1. The zero-order chi connectivity index (χ0) is 16.4. The Morgan fingerprint density at radius 3 is 2.87 bits per heavy atom. The standard InChI is InChI=1S/C16H15N3O2S2/c1-9-15(23-16(18-9)11-4-3-7-17-8-11)19-14(21)13-6-5-12(22-13)10(2)20/h3-4,6-8,12H,5H2,1-2H3,(H,19,21). The molecule has 0 saturated carbocycles. The Labute approximate surface area is 142 Å². The molecule has 2 aromatic rings. The van der Waals surface area contributed by atoms with Crippen molar-refractivity contribution >= 4 is 39.8 Å². The molecular formula is C16H15N3O2S2. The van der Waals surface area contributed by atoms with Gasteiger partial charge in [-0.25, -0.2) is 4.98 Å². The van der Waals surface area contributed by atoms with E-state index in [1.54, 1.807) is 19.3 Å². The molecule has 1 atom stereocenters. The summed E-state index contributed by atoms with van der Waals surface area (Å²) in [6, 6.07) is 3.79. The first-order valence-corrected chi connectivity index (χ1v) is 8.80. The van der Waals surface area contributed by atoms with Gasteiger partial charge >= 0.3 is 0 Å². The second-order valence-corrected chi connectivity index (χ2v) is 7.39. The van der Waals surface area contributed by atoms with Gasteiger partial charge in [0.25, 0.3) is 5.91 Å². The van der Waals surface area contributed by atoms with Crippen molar-refractivity contribution in [1.82, 2.24) is 9.97 Å². The number of anilines is 1. The SMILES string of the molecule is CC(=O)C1CC=C(C(=O)Nc2sc(-c3cccnc3)nc2C)S1. The number of amides is 1. The molecule has 0 fully saturated rings. The number of allylic oxidation sites excluding steroid dienone is 1. The molecule has 7 heteroatoms. The Bertz CT molecular complexity index is 784. The van der Waals surface area contributed by atoms with Crippen molar-refractivity contribution in [3.63, 3.8) is 0 Å². The lowest BCUT2D eigenvalue weighted by Crippen LogP contribution is -2.14. The predicted octanol–water partition coefficient (Wildman–Crippen LogP) is 3.43. The molecule has 0 aromatic carbocycles. The lowest BCUT2D eigenvalue weighted by molar-refractivity contribution is -0.116. The molecule has 0 radical (unpaired) electrons. The molecule has 3 rings (SSSR count). The number of hydrogen-bond acceptors (Lipinski definition) is 6. The van der Waals surface area contributed by atoms with Gasteiger partial charge in [0.1, 0.15) is 15.8 Å². The summed E-state index contributed by atoms with van der Waals surface area (Å²) in [6.07, 6.45) is 5.90. The van der Waals surface area contributed by atoms with E-state index in [4.69, 9.17) is 0 Å². The van der Waals surface area contributed by atoms with Gasteiger partial charge in [-0.05, 0) is 32.4 Å². The number of Topliss-reactive ketones (excluding diaryl/α,β-unsaturated/α-hetero) is 1. The van der Waals surface area contributed by atoms with E-state index >= 15 is 0 Å². The van der Waals surface area contributed by atoms with Gasteiger partial charge in [0.05, 0.1) is 15.8 Å². The summed E-state index contributed by atoms with van der Waals surface area (Å²) >= 11 is 2.75. The van der Waals surface area contributed by atoms with Crippen molar-refractivity contribution in [3.8, 4) is 10.6 Å². The van der Waals surface area contributed by atoms with Crippen molar-refractivity contribution in [2.75, 3.05) is 5.32 Å². The van der Waals surface area contributed by atoms with Crippen LogP contribution in [0, 0.1) is 6.92 Å². The molecule has 1 N–H and O–H groups in total. The molecule has 0 bridgehead atoms. The number of rotatable bonds is 4. The van der Waals surface area contributed by atoms with Crippen LogP contribution >= 0.6 is 23.1 Å². The largest absolute Gasteiger partial charge is 0.312 e. The zero-order valence-electron chi connectivity index (χ0n) is 12.7. The number of thiazole rings is 1. The van der Waals surface area contributed by atoms with Gasteiger partial charge in [-0.1, -0.05) is 17.4 Å². The maximum absolute atomic E-state index is 12.3. The molecule has 1 aliphatic heterocycles. The monoisotopic (exact) mass is 345 g/mol. The van der Waals surface area contributed by atoms with Crippen molar-refractivity contribution in [1.29, 1.82) is 0 Å². The summed E-state index contributed by atoms with van der Waals surface area (Å²) in [7, 11) is 0. The summed E-state index contributed by atoms with van der Waals surface area (Å²) < 4.78 is 0. The van der Waals surface area contributed by atoms with E-state index in [1.807, 2.05) is 25.1 Å². The first-order valence-electron chi connectivity index (χ1n) is 7.11. The second-order valence-electron chi connectivity index (χ2n) is 5.15. The Balaban J connectivity index is 1.73. The third-order valence-electron chi connectivity index (χ3n) is 3.40. The average Bonchev–Trinajstić information content (AvgIpc) is 3.16. The number of ketones is 1. The molecule has 1 amide bonds. The van der Waals surface area contributed by atoms with Crippen LogP contribution in [0.25, 0.3) is 10.6 Å². The highest BCUT2D eigenvalue weighted by Gasteiger charge is 2.26. The Hall–Kier alpha value is -1.99. The normalized spacial score (nSPS) is 17.0. The van der Waals surface area contributed by atoms with Gasteiger partial charge in [0, 0.05) is 18.0 Å². The number of nitrogens with one attached hydrogen (secondary N) is 1. The topological polar surface area (TPSA) is 72.0 Å². The maximum atomic E-state index is 12.3. The minimum atomic E-state index is -0.178. The third kappa shape index (κ3) is 3.51. The van der Waals surface area contributed by atoms with Crippen molar-refractivity contribution in [3.05, 3.63) is 41.2 Å². The fraction of sp³-hybridized carbons (Fsp3) is 0.250. The highest BCUT2D eigenvalue weighted by Crippen LogP contribution is 2.35. The molecule has 3 heterocycles. The number of thioether (sulfide) groups is 1. The molecule has 0 saturated heterocycles. The van der Waals surface area contributed by atoms with Crippen LogP contribution in [0.3, 0.4) is 0 Å². The molecule has 1 unspecified atom stereocenters. The van der Waals surface area contributed by atoms with Crippen LogP contribution in [-0.2, 0) is 9.59 Å². The summed E-state index contributed by atoms with van der Waals surface area (Å²) in [5, 5.41) is 4.31. The number of carbonyl (C=O) groups is 2. The Morgan fingerprint density at radius 1 is 1.39 bits per heavy atom. The lowest BCUT2D eigenvalue weighted by atomic mass is 10.2. The van der Waals surface area contributed by atoms with E-state index in [2.05, 4.69) is 15.3 Å². The maximum Gasteiger partial charge on any atom is 0.262 e. The lowest BCUT2D eigenvalue weighted by Gasteiger charge is -2.06. The highest BCUT2D eigenvalue weighted by atomic mass is 32.2. The zero-order valence-corrected chi connectivity index (χ0v) is 14.3. The Morgan fingerprint density at radius 2 is 2.22 bits per heavy atom. The number of nitrogens with zero attached hydrogens (tertiary/aromatic N) is 2. The van der Waals surface area contributed by atoms with Crippen LogP contribution in [0.1, 0.15) is 19.0 Å². The minimum Gasteiger partial charge on any atom is -0.312 e. The molecular weight excluding hydrogens is 330 g/mol. The molecule has 5 nitrogen and oxygen atoms in total. The van der Waals surface area contributed by atoms with Crippen molar-refractivity contribution in [2.24, 2.45) is 0 Å². The van der Waals surface area contributed by atoms with Crippen LogP contribution in [-0.4, -0.2) is 26.9 Å². The van der Waals surface area contributed by atoms with E-state index in [-0.39, 0.29) is 16.9 Å². The first kappa shape index (κ1) is 15.9. The number of hydrogen-bond donors (Lipinski definition) is 1. The third-order valence-corrected chi connectivity index (χ3v) is 5.93. The van der Waals surface area contributed by atoms with E-state index in [0.29, 0.717) is 11.3 Å². The molecule has 1 aliphatic rings. The summed E-state index contributed by atoms with van der Waals surface area (Å²) in [6.45, 7) is 3.42. The van der Waals surface area contributed by atoms with Crippen LogP contribution in [0.5, 0.6) is 0 Å². The molecule has 0 aliphatic carbocycles.